The zero-order chi connectivity index (χ0) is 12.2. The third kappa shape index (κ3) is 1.42. The fraction of sp³-hybridized carbons (Fsp3) is 0.571. The lowest BCUT2D eigenvalue weighted by Gasteiger charge is -2.25. The highest BCUT2D eigenvalue weighted by molar-refractivity contribution is 5.75. The quantitative estimate of drug-likeness (QED) is 0.879. The van der Waals surface area contributed by atoms with Crippen LogP contribution in [0.15, 0.2) is 18.5 Å². The number of nitrogens with one attached hydrogen (secondary N) is 1. The van der Waals surface area contributed by atoms with Crippen LogP contribution in [0.25, 0.3) is 11.0 Å². The van der Waals surface area contributed by atoms with Crippen molar-refractivity contribution in [3.63, 3.8) is 0 Å². The van der Waals surface area contributed by atoms with Gasteiger partial charge in [0.05, 0.1) is 17.3 Å². The van der Waals surface area contributed by atoms with Crippen LogP contribution in [0.3, 0.4) is 0 Å². The minimum Gasteiger partial charge on any atom is -0.323 e. The van der Waals surface area contributed by atoms with Crippen molar-refractivity contribution < 1.29 is 0 Å². The lowest BCUT2D eigenvalue weighted by molar-refractivity contribution is 0.389. The lowest BCUT2D eigenvalue weighted by atomic mass is 9.99. The predicted molar refractivity (Wildman–Crippen MR) is 70.4 cm³/mol. The Kier molecular flexibility index (Phi) is 2.07. The molecule has 2 aromatic rings. The summed E-state index contributed by atoms with van der Waals surface area (Å²) < 4.78 is 2.45. The number of rotatable bonds is 2. The standard InChI is InChI=1S/C14H18N4/c1-14(6-2-7-16-14)13-17-11-9-15-8-5-12(11)18(13)10-3-4-10/h5,8-10,16H,2-4,6-7H2,1H3. The maximum Gasteiger partial charge on any atom is 0.130 e. The number of nitrogens with zero attached hydrogens (tertiary/aromatic N) is 3. The van der Waals surface area contributed by atoms with Gasteiger partial charge < -0.3 is 9.88 Å². The molecule has 0 bridgehead atoms. The molecule has 0 spiro atoms. The van der Waals surface area contributed by atoms with Crippen molar-refractivity contribution in [1.82, 2.24) is 19.9 Å². The molecule has 2 fully saturated rings. The van der Waals surface area contributed by atoms with Gasteiger partial charge in [-0.15, -0.1) is 0 Å². The summed E-state index contributed by atoms with van der Waals surface area (Å²) in [6.45, 7) is 3.39. The summed E-state index contributed by atoms with van der Waals surface area (Å²) in [5.74, 6) is 1.21. The smallest absolute Gasteiger partial charge is 0.130 e. The summed E-state index contributed by atoms with van der Waals surface area (Å²) in [4.78, 5) is 9.07. The number of hydrogen-bond acceptors (Lipinski definition) is 3. The van der Waals surface area contributed by atoms with Crippen LogP contribution in [0, 0.1) is 0 Å². The zero-order valence-electron chi connectivity index (χ0n) is 10.7. The topological polar surface area (TPSA) is 42.7 Å². The molecule has 0 radical (unpaired) electrons. The molecule has 4 nitrogen and oxygen atoms in total. The Morgan fingerprint density at radius 3 is 3.06 bits per heavy atom. The maximum absolute atomic E-state index is 4.87. The van der Waals surface area contributed by atoms with Crippen molar-refractivity contribution in [2.75, 3.05) is 6.54 Å². The minimum absolute atomic E-state index is 0.0433. The highest BCUT2D eigenvalue weighted by Crippen LogP contribution is 2.42. The number of pyridine rings is 1. The summed E-state index contributed by atoms with van der Waals surface area (Å²) >= 11 is 0. The molecule has 1 N–H and O–H groups in total. The monoisotopic (exact) mass is 242 g/mol. The SMILES string of the molecule is CC1(c2nc3cnccc3n2C2CC2)CCCN1. The van der Waals surface area contributed by atoms with E-state index in [0.717, 1.165) is 12.1 Å². The van der Waals surface area contributed by atoms with Crippen LogP contribution >= 0.6 is 0 Å². The van der Waals surface area contributed by atoms with E-state index < -0.39 is 0 Å². The highest BCUT2D eigenvalue weighted by atomic mass is 15.2. The summed E-state index contributed by atoms with van der Waals surface area (Å²) in [5.41, 5.74) is 2.33. The van der Waals surface area contributed by atoms with E-state index in [4.69, 9.17) is 4.98 Å². The fourth-order valence-electron chi connectivity index (χ4n) is 3.13. The molecule has 94 valence electrons. The molecule has 1 saturated carbocycles. The summed E-state index contributed by atoms with van der Waals surface area (Å²) in [6.07, 6.45) is 8.75. The van der Waals surface area contributed by atoms with Crippen LogP contribution in [-0.4, -0.2) is 21.1 Å². The Morgan fingerprint density at radius 2 is 2.33 bits per heavy atom. The van der Waals surface area contributed by atoms with Crippen molar-refractivity contribution in [2.24, 2.45) is 0 Å². The summed E-state index contributed by atoms with van der Waals surface area (Å²) in [6, 6.07) is 2.76. The molecule has 1 unspecified atom stereocenters. The van der Waals surface area contributed by atoms with Gasteiger partial charge in [-0.25, -0.2) is 4.98 Å². The molecule has 4 heteroatoms. The average Bonchev–Trinajstić information content (AvgIpc) is 2.99. The molecular weight excluding hydrogens is 224 g/mol. The Bertz CT molecular complexity index is 591. The molecule has 0 aromatic carbocycles. The molecule has 4 rings (SSSR count). The second-order valence-corrected chi connectivity index (χ2v) is 5.76. The highest BCUT2D eigenvalue weighted by Gasteiger charge is 2.38. The molecule has 2 aromatic heterocycles. The molecule has 1 saturated heterocycles. The van der Waals surface area contributed by atoms with E-state index in [1.54, 1.807) is 0 Å². The van der Waals surface area contributed by atoms with E-state index in [1.807, 2.05) is 12.4 Å². The Balaban J connectivity index is 1.96. The Morgan fingerprint density at radius 1 is 1.44 bits per heavy atom. The van der Waals surface area contributed by atoms with Gasteiger partial charge in [0, 0.05) is 12.2 Å². The van der Waals surface area contributed by atoms with Crippen LogP contribution in [0.4, 0.5) is 0 Å². The predicted octanol–water partition coefficient (Wildman–Crippen LogP) is 2.36. The van der Waals surface area contributed by atoms with Gasteiger partial charge in [-0.05, 0) is 45.2 Å². The number of hydrogen-bond donors (Lipinski definition) is 1. The number of fused-ring (bicyclic) bond motifs is 1. The third-order valence-electron chi connectivity index (χ3n) is 4.27. The number of imidazole rings is 1. The van der Waals surface area contributed by atoms with Crippen molar-refractivity contribution in [2.45, 2.75) is 44.2 Å². The van der Waals surface area contributed by atoms with Crippen LogP contribution in [0.1, 0.15) is 44.5 Å². The van der Waals surface area contributed by atoms with Gasteiger partial charge in [-0.3, -0.25) is 4.98 Å². The van der Waals surface area contributed by atoms with Gasteiger partial charge in [-0.1, -0.05) is 0 Å². The van der Waals surface area contributed by atoms with Gasteiger partial charge in [0.25, 0.3) is 0 Å². The van der Waals surface area contributed by atoms with Crippen LogP contribution < -0.4 is 5.32 Å². The average molecular weight is 242 g/mol. The van der Waals surface area contributed by atoms with E-state index in [1.165, 1.54) is 37.0 Å². The first-order valence-corrected chi connectivity index (χ1v) is 6.85. The van der Waals surface area contributed by atoms with Gasteiger partial charge in [0.15, 0.2) is 0 Å². The molecule has 1 aliphatic heterocycles. The van der Waals surface area contributed by atoms with Crippen LogP contribution in [-0.2, 0) is 5.54 Å². The Labute approximate surface area is 106 Å². The molecule has 1 atom stereocenters. The summed E-state index contributed by atoms with van der Waals surface area (Å²) in [7, 11) is 0. The van der Waals surface area contributed by atoms with Crippen molar-refractivity contribution >= 4 is 11.0 Å². The maximum atomic E-state index is 4.87. The molecular formula is C14H18N4. The fourth-order valence-corrected chi connectivity index (χ4v) is 3.13. The van der Waals surface area contributed by atoms with E-state index in [2.05, 4.69) is 27.9 Å². The van der Waals surface area contributed by atoms with E-state index in [-0.39, 0.29) is 5.54 Å². The molecule has 18 heavy (non-hydrogen) atoms. The summed E-state index contributed by atoms with van der Waals surface area (Å²) in [5, 5.41) is 3.63. The largest absolute Gasteiger partial charge is 0.323 e. The molecule has 0 amide bonds. The first-order chi connectivity index (χ1) is 8.78. The van der Waals surface area contributed by atoms with Gasteiger partial charge in [0.1, 0.15) is 11.3 Å². The van der Waals surface area contributed by atoms with Crippen molar-refractivity contribution in [3.05, 3.63) is 24.3 Å². The molecule has 1 aliphatic carbocycles. The first-order valence-electron chi connectivity index (χ1n) is 6.85. The van der Waals surface area contributed by atoms with Crippen LogP contribution in [0.2, 0.25) is 0 Å². The second kappa shape index (κ2) is 3.54. The number of aromatic nitrogens is 3. The van der Waals surface area contributed by atoms with Gasteiger partial charge in [0.2, 0.25) is 0 Å². The minimum atomic E-state index is 0.0433. The van der Waals surface area contributed by atoms with E-state index in [9.17, 15) is 0 Å². The zero-order valence-corrected chi connectivity index (χ0v) is 10.7. The third-order valence-corrected chi connectivity index (χ3v) is 4.27. The van der Waals surface area contributed by atoms with Crippen molar-refractivity contribution in [3.8, 4) is 0 Å². The van der Waals surface area contributed by atoms with E-state index in [0.29, 0.717) is 6.04 Å². The van der Waals surface area contributed by atoms with E-state index >= 15 is 0 Å². The first kappa shape index (κ1) is 10.5. The lowest BCUT2D eigenvalue weighted by Crippen LogP contribution is -2.36. The molecule has 3 heterocycles. The molecule has 2 aliphatic rings. The Hall–Kier alpha value is -1.42. The van der Waals surface area contributed by atoms with Gasteiger partial charge >= 0.3 is 0 Å². The normalized spacial score (nSPS) is 28.1. The van der Waals surface area contributed by atoms with Crippen molar-refractivity contribution in [1.29, 1.82) is 0 Å². The second-order valence-electron chi connectivity index (χ2n) is 5.76. The van der Waals surface area contributed by atoms with Crippen LogP contribution in [0.5, 0.6) is 0 Å². The van der Waals surface area contributed by atoms with Gasteiger partial charge in [-0.2, -0.15) is 0 Å².